The predicted octanol–water partition coefficient (Wildman–Crippen LogP) is 2.21. The number of hydrogen-bond acceptors (Lipinski definition) is 3. The average Bonchev–Trinajstić information content (AvgIpc) is 2.38. The van der Waals surface area contributed by atoms with Crippen molar-refractivity contribution in [2.24, 2.45) is 0 Å². The summed E-state index contributed by atoms with van der Waals surface area (Å²) in [5, 5.41) is -1.04. The number of fused-ring (bicyclic) bond motifs is 1. The van der Waals surface area contributed by atoms with Gasteiger partial charge in [-0.2, -0.15) is 13.3 Å². The highest BCUT2D eigenvalue weighted by Crippen LogP contribution is 2.37. The summed E-state index contributed by atoms with van der Waals surface area (Å²) in [6.07, 6.45) is 4.05. The maximum atomic E-state index is 11.7. The molecule has 0 fully saturated rings. The van der Waals surface area contributed by atoms with Crippen molar-refractivity contribution in [3.63, 3.8) is 0 Å². The first-order valence-corrected chi connectivity index (χ1v) is 7.62. The number of rotatable bonds is 4. The summed E-state index contributed by atoms with van der Waals surface area (Å²) in [5.74, 6) is 0. The number of nitrogens with zero attached hydrogens (tertiary/aromatic N) is 1. The first-order chi connectivity index (χ1) is 8.95. The Balaban J connectivity index is 2.65. The quantitative estimate of drug-likeness (QED) is 0.680. The van der Waals surface area contributed by atoms with Crippen molar-refractivity contribution in [3.8, 4) is 0 Å². The Morgan fingerprint density at radius 1 is 1.42 bits per heavy atom. The Kier molecular flexibility index (Phi) is 3.78. The van der Waals surface area contributed by atoms with Crippen molar-refractivity contribution in [3.05, 3.63) is 35.9 Å². The van der Waals surface area contributed by atoms with E-state index in [-0.39, 0.29) is 11.1 Å². The second-order valence-electron chi connectivity index (χ2n) is 4.50. The molecule has 6 heteroatoms. The number of para-hydroxylation sites is 1. The lowest BCUT2D eigenvalue weighted by Crippen LogP contribution is -2.59. The van der Waals surface area contributed by atoms with E-state index in [1.165, 1.54) is 7.11 Å². The Bertz CT molecular complexity index is 596. The first-order valence-electron chi connectivity index (χ1n) is 6.11. The molecule has 104 valence electrons. The molecule has 1 aromatic carbocycles. The molecule has 5 nitrogen and oxygen atoms in total. The lowest BCUT2D eigenvalue weighted by atomic mass is 10.1. The lowest BCUT2D eigenvalue weighted by Gasteiger charge is -2.39. The Labute approximate surface area is 113 Å². The zero-order chi connectivity index (χ0) is 14.1. The number of hydrogen-bond donors (Lipinski definition) is 1. The van der Waals surface area contributed by atoms with Crippen LogP contribution in [0, 0.1) is 0 Å². The molecule has 19 heavy (non-hydrogen) atoms. The Hall–Kier alpha value is -1.21. The van der Waals surface area contributed by atoms with Gasteiger partial charge in [0.05, 0.1) is 7.11 Å². The third-order valence-electron chi connectivity index (χ3n) is 3.50. The smallest absolute Gasteiger partial charge is 0.281 e. The van der Waals surface area contributed by atoms with E-state index in [4.69, 9.17) is 4.84 Å². The van der Waals surface area contributed by atoms with Gasteiger partial charge in [0.15, 0.2) is 5.69 Å². The minimum atomic E-state index is -4.21. The minimum absolute atomic E-state index is 0.234. The van der Waals surface area contributed by atoms with E-state index < -0.39 is 15.5 Å². The summed E-state index contributed by atoms with van der Waals surface area (Å²) in [6.45, 7) is 2.09. The molecule has 0 saturated heterocycles. The predicted molar refractivity (Wildman–Crippen MR) is 74.8 cm³/mol. The zero-order valence-electron chi connectivity index (χ0n) is 11.0. The van der Waals surface area contributed by atoms with Gasteiger partial charge in [0.2, 0.25) is 5.37 Å². The van der Waals surface area contributed by atoms with Gasteiger partial charge in [0.25, 0.3) is 0 Å². The van der Waals surface area contributed by atoms with Gasteiger partial charge in [0, 0.05) is 18.1 Å². The van der Waals surface area contributed by atoms with Crippen molar-refractivity contribution in [2.45, 2.75) is 18.7 Å². The fraction of sp³-hybridized carbons (Fsp3) is 0.385. The van der Waals surface area contributed by atoms with Crippen LogP contribution in [0.4, 0.5) is 5.69 Å². The van der Waals surface area contributed by atoms with Gasteiger partial charge in [-0.15, -0.1) is 4.65 Å². The molecule has 0 spiro atoms. The van der Waals surface area contributed by atoms with E-state index >= 15 is 0 Å². The van der Waals surface area contributed by atoms with Gasteiger partial charge < -0.3 is 0 Å². The maximum Gasteiger partial charge on any atom is 0.322 e. The first kappa shape index (κ1) is 14.2. The Morgan fingerprint density at radius 3 is 2.68 bits per heavy atom. The van der Waals surface area contributed by atoms with E-state index in [0.717, 1.165) is 11.3 Å². The van der Waals surface area contributed by atoms with Crippen LogP contribution in [0.3, 0.4) is 0 Å². The molecule has 0 saturated carbocycles. The van der Waals surface area contributed by atoms with Crippen LogP contribution in [-0.4, -0.2) is 32.0 Å². The van der Waals surface area contributed by atoms with Gasteiger partial charge in [0.1, 0.15) is 6.54 Å². The highest BCUT2D eigenvalue weighted by atomic mass is 32.2. The summed E-state index contributed by atoms with van der Waals surface area (Å²) >= 11 is 0. The fourth-order valence-electron chi connectivity index (χ4n) is 2.69. The largest absolute Gasteiger partial charge is 0.322 e. The summed E-state index contributed by atoms with van der Waals surface area (Å²) in [6, 6.07) is 7.44. The molecule has 1 aliphatic rings. The third kappa shape index (κ3) is 2.32. The van der Waals surface area contributed by atoms with Crippen molar-refractivity contribution in [1.82, 2.24) is 4.65 Å². The van der Waals surface area contributed by atoms with Crippen LogP contribution >= 0.6 is 0 Å². The van der Waals surface area contributed by atoms with Crippen LogP contribution in [0.2, 0.25) is 0 Å². The molecule has 1 heterocycles. The van der Waals surface area contributed by atoms with Crippen molar-refractivity contribution in [2.75, 3.05) is 13.7 Å². The molecule has 1 aromatic rings. The lowest BCUT2D eigenvalue weighted by molar-refractivity contribution is -0.125. The molecule has 0 aromatic heterocycles. The van der Waals surface area contributed by atoms with E-state index in [2.05, 4.69) is 0 Å². The molecule has 2 rings (SSSR count). The molecule has 2 unspecified atom stereocenters. The van der Waals surface area contributed by atoms with Crippen LogP contribution < -0.4 is 4.65 Å². The fourth-order valence-corrected chi connectivity index (χ4v) is 3.83. The molecular formula is C13H18NO4S+. The number of quaternary nitrogens is 1. The van der Waals surface area contributed by atoms with Crippen LogP contribution in [0.1, 0.15) is 18.9 Å². The molecule has 1 N–H and O–H groups in total. The van der Waals surface area contributed by atoms with Crippen molar-refractivity contribution < 1.29 is 17.8 Å². The van der Waals surface area contributed by atoms with Gasteiger partial charge in [-0.25, -0.2) is 0 Å². The van der Waals surface area contributed by atoms with Gasteiger partial charge in [-0.1, -0.05) is 19.1 Å². The third-order valence-corrected chi connectivity index (χ3v) is 4.86. The second-order valence-corrected chi connectivity index (χ2v) is 6.07. The SMILES string of the molecule is CCC([N+]1(OC)CC=Cc2ccccc21)S(=O)(=O)O. The van der Waals surface area contributed by atoms with Crippen molar-refractivity contribution >= 4 is 21.9 Å². The highest BCUT2D eigenvalue weighted by molar-refractivity contribution is 7.86. The monoisotopic (exact) mass is 284 g/mol. The van der Waals surface area contributed by atoms with Gasteiger partial charge >= 0.3 is 10.1 Å². The second kappa shape index (κ2) is 5.05. The Morgan fingerprint density at radius 2 is 2.11 bits per heavy atom. The van der Waals surface area contributed by atoms with Crippen LogP contribution in [-0.2, 0) is 15.0 Å². The molecule has 0 bridgehead atoms. The molecule has 1 aliphatic heterocycles. The van der Waals surface area contributed by atoms with Gasteiger partial charge in [-0.3, -0.25) is 4.55 Å². The number of hydroxylamine groups is 2. The zero-order valence-corrected chi connectivity index (χ0v) is 11.8. The molecule has 0 radical (unpaired) electrons. The summed E-state index contributed by atoms with van der Waals surface area (Å²) in [7, 11) is -2.75. The average molecular weight is 284 g/mol. The molecule has 2 atom stereocenters. The minimum Gasteiger partial charge on any atom is -0.281 e. The van der Waals surface area contributed by atoms with Gasteiger partial charge in [-0.05, 0) is 18.2 Å². The van der Waals surface area contributed by atoms with E-state index in [9.17, 15) is 13.0 Å². The number of benzene rings is 1. The summed E-state index contributed by atoms with van der Waals surface area (Å²) in [5.41, 5.74) is 1.65. The van der Waals surface area contributed by atoms with Crippen LogP contribution in [0.25, 0.3) is 6.08 Å². The maximum absolute atomic E-state index is 11.7. The molecule has 0 aliphatic carbocycles. The molecule has 0 amide bonds. The highest BCUT2D eigenvalue weighted by Gasteiger charge is 2.49. The van der Waals surface area contributed by atoms with E-state index in [1.807, 2.05) is 36.4 Å². The topological polar surface area (TPSA) is 63.6 Å². The van der Waals surface area contributed by atoms with Crippen molar-refractivity contribution in [1.29, 1.82) is 0 Å². The molecular weight excluding hydrogens is 266 g/mol. The standard InChI is InChI=1S/C13H17NO4S/c1-3-13(19(15,16)17)14(18-2)10-6-8-11-7-4-5-9-12(11)14/h4-9,13H,3,10H2,1-2H3/p+1. The van der Waals surface area contributed by atoms with Crippen LogP contribution in [0.5, 0.6) is 0 Å². The van der Waals surface area contributed by atoms with Crippen LogP contribution in [0.15, 0.2) is 30.3 Å². The summed E-state index contributed by atoms with van der Waals surface area (Å²) < 4.78 is 32.6. The van der Waals surface area contributed by atoms with E-state index in [1.54, 1.807) is 6.92 Å². The normalized spacial score (nSPS) is 23.9. The summed E-state index contributed by atoms with van der Waals surface area (Å²) in [4.78, 5) is 5.53. The van der Waals surface area contributed by atoms with E-state index in [0.29, 0.717) is 6.54 Å².